The van der Waals surface area contributed by atoms with E-state index < -0.39 is 0 Å². The minimum absolute atomic E-state index is 0. The molecule has 9 heteroatoms. The number of likely N-dealkylation sites (tertiary alicyclic amines) is 1. The molecule has 0 spiro atoms. The maximum absolute atomic E-state index is 11.2. The molecule has 7 nitrogen and oxygen atoms in total. The van der Waals surface area contributed by atoms with Crippen LogP contribution in [0.5, 0.6) is 0 Å². The Bertz CT molecular complexity index is 793. The van der Waals surface area contributed by atoms with Gasteiger partial charge in [-0.3, -0.25) is 9.79 Å². The SMILES string of the molecule is CN=C(NCc1cn2cc(Br)ccc2n1)N1CCCC(CC(N)=O)C1.I. The van der Waals surface area contributed by atoms with Gasteiger partial charge < -0.3 is 20.4 Å². The van der Waals surface area contributed by atoms with Crippen LogP contribution in [-0.2, 0) is 11.3 Å². The first kappa shape index (κ1) is 20.9. The van der Waals surface area contributed by atoms with Gasteiger partial charge in [-0.2, -0.15) is 0 Å². The van der Waals surface area contributed by atoms with E-state index in [2.05, 4.69) is 36.1 Å². The number of amides is 1. The van der Waals surface area contributed by atoms with Crippen LogP contribution in [0.4, 0.5) is 0 Å². The van der Waals surface area contributed by atoms with Gasteiger partial charge in [-0.05, 0) is 46.8 Å². The van der Waals surface area contributed by atoms with Crippen molar-refractivity contribution in [3.8, 4) is 0 Å². The fourth-order valence-corrected chi connectivity index (χ4v) is 3.67. The number of halogens is 2. The van der Waals surface area contributed by atoms with Crippen LogP contribution in [0.25, 0.3) is 5.65 Å². The molecule has 0 radical (unpaired) electrons. The summed E-state index contributed by atoms with van der Waals surface area (Å²) in [4.78, 5) is 22.4. The molecule has 2 aromatic rings. The van der Waals surface area contributed by atoms with E-state index in [4.69, 9.17) is 5.73 Å². The Morgan fingerprint density at radius 1 is 1.46 bits per heavy atom. The highest BCUT2D eigenvalue weighted by molar-refractivity contribution is 14.0. The molecule has 1 aliphatic rings. The number of rotatable bonds is 4. The Labute approximate surface area is 178 Å². The van der Waals surface area contributed by atoms with Gasteiger partial charge in [0.15, 0.2) is 5.96 Å². The van der Waals surface area contributed by atoms with Gasteiger partial charge in [0.25, 0.3) is 0 Å². The average Bonchev–Trinajstić information content (AvgIpc) is 2.97. The molecule has 1 atom stereocenters. The highest BCUT2D eigenvalue weighted by Gasteiger charge is 2.23. The summed E-state index contributed by atoms with van der Waals surface area (Å²) in [5.74, 6) is 0.912. The van der Waals surface area contributed by atoms with Gasteiger partial charge in [-0.1, -0.05) is 0 Å². The number of fused-ring (bicyclic) bond motifs is 1. The number of carbonyl (C=O) groups is 1. The van der Waals surface area contributed by atoms with E-state index >= 15 is 0 Å². The molecule has 1 fully saturated rings. The smallest absolute Gasteiger partial charge is 0.217 e. The molecular weight excluding hydrogens is 511 g/mol. The van der Waals surface area contributed by atoms with E-state index in [-0.39, 0.29) is 29.9 Å². The van der Waals surface area contributed by atoms with Crippen molar-refractivity contribution in [3.63, 3.8) is 0 Å². The van der Waals surface area contributed by atoms with Crippen LogP contribution in [0.2, 0.25) is 0 Å². The molecule has 0 aromatic carbocycles. The number of guanidine groups is 1. The van der Waals surface area contributed by atoms with Crippen LogP contribution >= 0.6 is 39.9 Å². The van der Waals surface area contributed by atoms with E-state index in [1.54, 1.807) is 7.05 Å². The number of nitrogens with two attached hydrogens (primary N) is 1. The Balaban J connectivity index is 0.00000243. The number of hydrogen-bond acceptors (Lipinski definition) is 3. The first-order valence-corrected chi connectivity index (χ1v) is 9.21. The fraction of sp³-hybridized carbons (Fsp3) is 0.471. The molecule has 3 rings (SSSR count). The Morgan fingerprint density at radius 3 is 3.00 bits per heavy atom. The van der Waals surface area contributed by atoms with Crippen LogP contribution in [-0.4, -0.2) is 46.3 Å². The van der Waals surface area contributed by atoms with Crippen molar-refractivity contribution >= 4 is 57.4 Å². The molecule has 0 aliphatic carbocycles. The van der Waals surface area contributed by atoms with E-state index in [9.17, 15) is 4.79 Å². The lowest BCUT2D eigenvalue weighted by Gasteiger charge is -2.34. The maximum Gasteiger partial charge on any atom is 0.217 e. The van der Waals surface area contributed by atoms with Crippen molar-refractivity contribution in [1.82, 2.24) is 19.6 Å². The molecule has 0 bridgehead atoms. The lowest BCUT2D eigenvalue weighted by molar-refractivity contribution is -0.119. The van der Waals surface area contributed by atoms with Crippen LogP contribution in [0, 0.1) is 5.92 Å². The van der Waals surface area contributed by atoms with Crippen molar-refractivity contribution < 1.29 is 4.79 Å². The van der Waals surface area contributed by atoms with E-state index in [0.29, 0.717) is 18.9 Å². The monoisotopic (exact) mass is 534 g/mol. The summed E-state index contributed by atoms with van der Waals surface area (Å²) in [6.45, 7) is 2.34. The third kappa shape index (κ3) is 5.32. The van der Waals surface area contributed by atoms with Gasteiger partial charge in [-0.25, -0.2) is 4.98 Å². The number of primary amides is 1. The second kappa shape index (κ2) is 9.54. The second-order valence-corrected chi connectivity index (χ2v) is 7.29. The van der Waals surface area contributed by atoms with E-state index in [0.717, 1.165) is 47.7 Å². The summed E-state index contributed by atoms with van der Waals surface area (Å²) in [5.41, 5.74) is 7.20. The Kier molecular flexibility index (Phi) is 7.69. The minimum Gasteiger partial charge on any atom is -0.370 e. The number of aliphatic imine (C=N–C) groups is 1. The average molecular weight is 535 g/mol. The second-order valence-electron chi connectivity index (χ2n) is 6.37. The van der Waals surface area contributed by atoms with E-state index in [1.807, 2.05) is 28.9 Å². The molecule has 142 valence electrons. The first-order valence-electron chi connectivity index (χ1n) is 8.42. The van der Waals surface area contributed by atoms with Gasteiger partial charge in [0.1, 0.15) is 5.65 Å². The number of hydrogen-bond donors (Lipinski definition) is 2. The van der Waals surface area contributed by atoms with Gasteiger partial charge in [0.2, 0.25) is 5.91 Å². The topological polar surface area (TPSA) is 88.0 Å². The van der Waals surface area contributed by atoms with Gasteiger partial charge in [0.05, 0.1) is 12.2 Å². The summed E-state index contributed by atoms with van der Waals surface area (Å²) in [5, 5.41) is 3.38. The molecule has 1 saturated heterocycles. The van der Waals surface area contributed by atoms with Crippen molar-refractivity contribution in [2.45, 2.75) is 25.8 Å². The predicted octanol–water partition coefficient (Wildman–Crippen LogP) is 2.38. The molecule has 1 unspecified atom stereocenters. The number of imidazole rings is 1. The summed E-state index contributed by atoms with van der Waals surface area (Å²) in [6.07, 6.45) is 6.51. The zero-order valence-corrected chi connectivity index (χ0v) is 18.6. The number of aromatic nitrogens is 2. The number of nitrogens with one attached hydrogen (secondary N) is 1. The summed E-state index contributed by atoms with van der Waals surface area (Å²) >= 11 is 3.47. The van der Waals surface area contributed by atoms with Crippen LogP contribution in [0.1, 0.15) is 25.0 Å². The van der Waals surface area contributed by atoms with Crippen molar-refractivity contribution in [2.75, 3.05) is 20.1 Å². The molecule has 3 N–H and O–H groups in total. The highest BCUT2D eigenvalue weighted by Crippen LogP contribution is 2.19. The summed E-state index contributed by atoms with van der Waals surface area (Å²) in [7, 11) is 1.78. The molecule has 1 aliphatic heterocycles. The molecule has 1 amide bonds. The third-order valence-corrected chi connectivity index (χ3v) is 4.88. The molecular formula is C17H24BrIN6O. The number of nitrogens with zero attached hydrogens (tertiary/aromatic N) is 4. The lowest BCUT2D eigenvalue weighted by atomic mass is 9.95. The van der Waals surface area contributed by atoms with E-state index in [1.165, 1.54) is 0 Å². The standard InChI is InChI=1S/C17H23BrN6O.HI/c1-20-17(23-6-2-3-12(9-23)7-15(19)25)21-8-14-11-24-10-13(18)4-5-16(24)22-14;/h4-5,10-12H,2-3,6-9H2,1H3,(H2,19,25)(H,20,21);1H. The molecule has 26 heavy (non-hydrogen) atoms. The molecule has 0 saturated carbocycles. The first-order chi connectivity index (χ1) is 12.0. The van der Waals surface area contributed by atoms with Crippen LogP contribution in [0.3, 0.4) is 0 Å². The third-order valence-electron chi connectivity index (χ3n) is 4.41. The van der Waals surface area contributed by atoms with Gasteiger partial charge >= 0.3 is 0 Å². The Morgan fingerprint density at radius 2 is 2.27 bits per heavy atom. The highest BCUT2D eigenvalue weighted by atomic mass is 127. The van der Waals surface area contributed by atoms with Crippen LogP contribution < -0.4 is 11.1 Å². The maximum atomic E-state index is 11.2. The van der Waals surface area contributed by atoms with Crippen molar-refractivity contribution in [1.29, 1.82) is 0 Å². The lowest BCUT2D eigenvalue weighted by Crippen LogP contribution is -2.46. The number of piperidine rings is 1. The van der Waals surface area contributed by atoms with Gasteiger partial charge in [0, 0.05) is 43.4 Å². The largest absolute Gasteiger partial charge is 0.370 e. The summed E-state index contributed by atoms with van der Waals surface area (Å²) < 4.78 is 3.01. The normalized spacial score (nSPS) is 17.8. The van der Waals surface area contributed by atoms with Crippen molar-refractivity contribution in [3.05, 3.63) is 34.7 Å². The van der Waals surface area contributed by atoms with Gasteiger partial charge in [-0.15, -0.1) is 24.0 Å². The zero-order chi connectivity index (χ0) is 17.8. The fourth-order valence-electron chi connectivity index (χ4n) is 3.31. The minimum atomic E-state index is -0.231. The quantitative estimate of drug-likeness (QED) is 0.358. The Hall–Kier alpha value is -1.36. The molecule has 3 heterocycles. The predicted molar refractivity (Wildman–Crippen MR) is 117 cm³/mol. The molecule has 2 aromatic heterocycles. The van der Waals surface area contributed by atoms with Crippen LogP contribution in [0.15, 0.2) is 34.0 Å². The number of carbonyl (C=O) groups excluding carboxylic acids is 1. The summed E-state index contributed by atoms with van der Waals surface area (Å²) in [6, 6.07) is 3.95. The number of pyridine rings is 1. The zero-order valence-electron chi connectivity index (χ0n) is 14.7. The van der Waals surface area contributed by atoms with Crippen molar-refractivity contribution in [2.24, 2.45) is 16.6 Å².